The van der Waals surface area contributed by atoms with Gasteiger partial charge in [0.25, 0.3) is 0 Å². The van der Waals surface area contributed by atoms with Gasteiger partial charge in [-0.2, -0.15) is 0 Å². The van der Waals surface area contributed by atoms with Crippen molar-refractivity contribution in [2.24, 2.45) is 5.92 Å². The number of nitrogens with one attached hydrogen (secondary N) is 2. The van der Waals surface area contributed by atoms with Crippen LogP contribution >= 0.6 is 0 Å². The Hall–Kier alpha value is -3.50. The summed E-state index contributed by atoms with van der Waals surface area (Å²) in [7, 11) is 3.80. The van der Waals surface area contributed by atoms with Gasteiger partial charge in [0.1, 0.15) is 17.9 Å². The molecule has 0 heterocycles. The number of amides is 2. The molecule has 0 aliphatic rings. The van der Waals surface area contributed by atoms with Crippen molar-refractivity contribution < 1.29 is 43.0 Å². The summed E-state index contributed by atoms with van der Waals surface area (Å²) in [5, 5.41) is 4.98. The van der Waals surface area contributed by atoms with Crippen LogP contribution in [0.25, 0.3) is 0 Å². The molecule has 0 aromatic heterocycles. The first-order valence-electron chi connectivity index (χ1n) is 11.0. The molecule has 0 saturated carbocycles. The standard InChI is InChI=1S/C15H23NO6.C9H15NO3.2CH4/c1-10(17)9-12(14(19)21-3)7-5-6-8-13(15(20)22-4)16-11(2)18;1-4-5-6-8(9(12)13-3)10-7(2)11;;/h5-6,12-13H,7-9H2,1-4H3,(H,16,18);4-5,8H,6H2,1-3H3,(H,10,11);2*1H4/t12-,13+;8-;;/m10../s1. The van der Waals surface area contributed by atoms with Gasteiger partial charge in [0.2, 0.25) is 11.8 Å². The van der Waals surface area contributed by atoms with Crippen molar-refractivity contribution in [2.45, 2.75) is 80.3 Å². The first-order chi connectivity index (χ1) is 16.4. The van der Waals surface area contributed by atoms with E-state index in [0.717, 1.165) is 0 Å². The Morgan fingerprint density at radius 2 is 1.03 bits per heavy atom. The molecule has 0 unspecified atom stereocenters. The molecule has 0 radical (unpaired) electrons. The van der Waals surface area contributed by atoms with Gasteiger partial charge in [-0.15, -0.1) is 0 Å². The van der Waals surface area contributed by atoms with Crippen LogP contribution < -0.4 is 10.6 Å². The van der Waals surface area contributed by atoms with Gasteiger partial charge in [-0.05, 0) is 33.1 Å². The van der Waals surface area contributed by atoms with E-state index in [4.69, 9.17) is 0 Å². The second kappa shape index (κ2) is 24.2. The monoisotopic (exact) mass is 530 g/mol. The first kappa shape index (κ1) is 40.7. The molecule has 0 spiro atoms. The largest absolute Gasteiger partial charge is 0.469 e. The summed E-state index contributed by atoms with van der Waals surface area (Å²) in [6.45, 7) is 5.93. The second-order valence-electron chi connectivity index (χ2n) is 7.43. The average Bonchev–Trinajstić information content (AvgIpc) is 2.80. The highest BCUT2D eigenvalue weighted by atomic mass is 16.5. The molecular weight excluding hydrogens is 484 g/mol. The number of Topliss-reactive ketones (excluding diaryl/α,β-unsaturated/α-hetero) is 1. The molecule has 3 atom stereocenters. The Morgan fingerprint density at radius 3 is 1.35 bits per heavy atom. The lowest BCUT2D eigenvalue weighted by Gasteiger charge is -2.13. The fraction of sp³-hybridized carbons (Fsp3) is 0.615. The Kier molecular flexibility index (Phi) is 26.6. The molecule has 0 rings (SSSR count). The summed E-state index contributed by atoms with van der Waals surface area (Å²) in [5.74, 6) is -2.65. The molecule has 0 aliphatic heterocycles. The highest BCUT2D eigenvalue weighted by Gasteiger charge is 2.21. The van der Waals surface area contributed by atoms with Crippen LogP contribution in [-0.2, 0) is 43.0 Å². The number of methoxy groups -OCH3 is 3. The molecule has 0 saturated heterocycles. The SMILES string of the molecule is C.C.CC=CC[C@H](NC(C)=O)C(=O)OC.COC(=O)[C@H](CC=CC[C@H](NC(C)=O)C(=O)OC)CC(C)=O. The Bertz CT molecular complexity index is 736. The topological polar surface area (TPSA) is 154 Å². The minimum Gasteiger partial charge on any atom is -0.469 e. The van der Waals surface area contributed by atoms with Crippen LogP contribution in [0.15, 0.2) is 24.3 Å². The third kappa shape index (κ3) is 21.5. The Labute approximate surface area is 221 Å². The highest BCUT2D eigenvalue weighted by molar-refractivity contribution is 5.84. The Balaban J connectivity index is -0.000000313. The van der Waals surface area contributed by atoms with E-state index in [1.165, 1.54) is 42.1 Å². The van der Waals surface area contributed by atoms with Gasteiger partial charge in [-0.3, -0.25) is 14.4 Å². The molecule has 11 heteroatoms. The molecular formula is C26H46N2O9. The van der Waals surface area contributed by atoms with E-state index < -0.39 is 35.9 Å². The molecule has 37 heavy (non-hydrogen) atoms. The summed E-state index contributed by atoms with van der Waals surface area (Å²) >= 11 is 0. The van der Waals surface area contributed by atoms with Crippen molar-refractivity contribution >= 4 is 35.5 Å². The van der Waals surface area contributed by atoms with E-state index >= 15 is 0 Å². The van der Waals surface area contributed by atoms with E-state index in [2.05, 4.69) is 24.8 Å². The van der Waals surface area contributed by atoms with Crippen molar-refractivity contribution in [1.29, 1.82) is 0 Å². The number of carbonyl (C=O) groups excluding carboxylic acids is 6. The summed E-state index contributed by atoms with van der Waals surface area (Å²) in [4.78, 5) is 66.9. The van der Waals surface area contributed by atoms with Gasteiger partial charge < -0.3 is 29.6 Å². The zero-order chi connectivity index (χ0) is 27.4. The summed E-state index contributed by atoms with van der Waals surface area (Å²) in [5.41, 5.74) is 0. The lowest BCUT2D eigenvalue weighted by atomic mass is 9.98. The molecule has 0 aromatic carbocycles. The van der Waals surface area contributed by atoms with Crippen LogP contribution in [0, 0.1) is 5.92 Å². The van der Waals surface area contributed by atoms with Crippen LogP contribution in [0.5, 0.6) is 0 Å². The smallest absolute Gasteiger partial charge is 0.328 e. The molecule has 2 amide bonds. The van der Waals surface area contributed by atoms with Gasteiger partial charge in [0, 0.05) is 20.3 Å². The zero-order valence-corrected chi connectivity index (χ0v) is 21.5. The fourth-order valence-electron chi connectivity index (χ4n) is 2.74. The molecule has 214 valence electrons. The average molecular weight is 531 g/mol. The van der Waals surface area contributed by atoms with E-state index in [1.807, 2.05) is 13.0 Å². The maximum Gasteiger partial charge on any atom is 0.328 e. The van der Waals surface area contributed by atoms with Crippen LogP contribution in [0.2, 0.25) is 0 Å². The lowest BCUT2D eigenvalue weighted by Crippen LogP contribution is -2.39. The van der Waals surface area contributed by atoms with Gasteiger partial charge in [-0.1, -0.05) is 39.2 Å². The second-order valence-corrected chi connectivity index (χ2v) is 7.43. The Morgan fingerprint density at radius 1 is 0.649 bits per heavy atom. The number of ether oxygens (including phenoxy) is 3. The molecule has 0 bridgehead atoms. The van der Waals surface area contributed by atoms with Gasteiger partial charge in [0.15, 0.2) is 0 Å². The van der Waals surface area contributed by atoms with E-state index in [-0.39, 0.29) is 45.3 Å². The van der Waals surface area contributed by atoms with Crippen molar-refractivity contribution in [3.05, 3.63) is 24.3 Å². The number of ketones is 1. The van der Waals surface area contributed by atoms with Crippen molar-refractivity contribution in [3.63, 3.8) is 0 Å². The molecule has 0 aromatic rings. The number of rotatable bonds is 13. The molecule has 11 nitrogen and oxygen atoms in total. The summed E-state index contributed by atoms with van der Waals surface area (Å²) in [6, 6.07) is -1.35. The van der Waals surface area contributed by atoms with Crippen molar-refractivity contribution in [3.8, 4) is 0 Å². The number of hydrogen-bond acceptors (Lipinski definition) is 9. The van der Waals surface area contributed by atoms with E-state index in [1.54, 1.807) is 18.2 Å². The number of allylic oxidation sites excluding steroid dienone is 2. The number of carbonyl (C=O) groups is 6. The highest BCUT2D eigenvalue weighted by Crippen LogP contribution is 2.13. The number of esters is 3. The van der Waals surface area contributed by atoms with Gasteiger partial charge in [0.05, 0.1) is 27.2 Å². The third-order valence-electron chi connectivity index (χ3n) is 4.36. The van der Waals surface area contributed by atoms with Crippen molar-refractivity contribution in [2.75, 3.05) is 21.3 Å². The summed E-state index contributed by atoms with van der Waals surface area (Å²) < 4.78 is 13.8. The quantitative estimate of drug-likeness (QED) is 0.208. The maximum absolute atomic E-state index is 11.5. The molecule has 0 aliphatic carbocycles. The van der Waals surface area contributed by atoms with Crippen LogP contribution in [0.1, 0.15) is 68.2 Å². The third-order valence-corrected chi connectivity index (χ3v) is 4.36. The van der Waals surface area contributed by atoms with Crippen LogP contribution in [-0.4, -0.2) is 68.9 Å². The van der Waals surface area contributed by atoms with Gasteiger partial charge >= 0.3 is 17.9 Å². The predicted molar refractivity (Wildman–Crippen MR) is 141 cm³/mol. The zero-order valence-electron chi connectivity index (χ0n) is 21.5. The molecule has 0 fully saturated rings. The first-order valence-corrected chi connectivity index (χ1v) is 11.0. The minimum atomic E-state index is -0.775. The maximum atomic E-state index is 11.5. The van der Waals surface area contributed by atoms with Crippen molar-refractivity contribution in [1.82, 2.24) is 10.6 Å². The van der Waals surface area contributed by atoms with Crippen LogP contribution in [0.3, 0.4) is 0 Å². The van der Waals surface area contributed by atoms with E-state index in [0.29, 0.717) is 12.8 Å². The van der Waals surface area contributed by atoms with Crippen LogP contribution in [0.4, 0.5) is 0 Å². The lowest BCUT2D eigenvalue weighted by molar-refractivity contribution is -0.147. The number of hydrogen-bond donors (Lipinski definition) is 2. The van der Waals surface area contributed by atoms with E-state index in [9.17, 15) is 28.8 Å². The minimum absolute atomic E-state index is 0. The molecule has 2 N–H and O–H groups in total. The van der Waals surface area contributed by atoms with Gasteiger partial charge in [-0.25, -0.2) is 9.59 Å². The normalized spacial score (nSPS) is 12.3. The summed E-state index contributed by atoms with van der Waals surface area (Å²) in [6.07, 6.45) is 8.08. The predicted octanol–water partition coefficient (Wildman–Crippen LogP) is 2.67. The fourth-order valence-corrected chi connectivity index (χ4v) is 2.74.